The van der Waals surface area contributed by atoms with Gasteiger partial charge in [-0.05, 0) is 41.6 Å². The van der Waals surface area contributed by atoms with Gasteiger partial charge >= 0.3 is 0 Å². The third-order valence-electron chi connectivity index (χ3n) is 4.42. The molecule has 0 bridgehead atoms. The molecule has 1 aliphatic heterocycles. The minimum Gasteiger partial charge on any atom is -0.388 e. The van der Waals surface area contributed by atoms with E-state index in [1.807, 2.05) is 11.7 Å². The third kappa shape index (κ3) is 2.60. The van der Waals surface area contributed by atoms with Crippen molar-refractivity contribution in [2.75, 3.05) is 13.1 Å². The number of aryl methyl sites for hydroxylation is 2. The first kappa shape index (κ1) is 13.6. The van der Waals surface area contributed by atoms with Gasteiger partial charge in [0.25, 0.3) is 0 Å². The number of β-amino-alcohol motifs (C(OH)–C–C–N with tert-alkyl or cyclic N) is 1. The van der Waals surface area contributed by atoms with Crippen LogP contribution < -0.4 is 0 Å². The van der Waals surface area contributed by atoms with Gasteiger partial charge < -0.3 is 5.11 Å². The van der Waals surface area contributed by atoms with Gasteiger partial charge in [0.15, 0.2) is 0 Å². The molecule has 2 fully saturated rings. The van der Waals surface area contributed by atoms with Crippen molar-refractivity contribution in [1.29, 1.82) is 0 Å². The van der Waals surface area contributed by atoms with Crippen LogP contribution in [0.5, 0.6) is 0 Å². The number of hydrogen-bond acceptors (Lipinski definition) is 3. The van der Waals surface area contributed by atoms with Crippen LogP contribution in [0.3, 0.4) is 0 Å². The van der Waals surface area contributed by atoms with Crippen LogP contribution in [0.25, 0.3) is 0 Å². The monoisotopic (exact) mass is 327 g/mol. The van der Waals surface area contributed by atoms with Gasteiger partial charge in [-0.15, -0.1) is 0 Å². The van der Waals surface area contributed by atoms with Crippen molar-refractivity contribution in [2.24, 2.45) is 7.05 Å². The molecule has 19 heavy (non-hydrogen) atoms. The predicted molar refractivity (Wildman–Crippen MR) is 78.2 cm³/mol. The first-order valence-corrected chi connectivity index (χ1v) is 7.98. The minimum absolute atomic E-state index is 0.579. The average molecular weight is 328 g/mol. The zero-order chi connectivity index (χ0) is 13.6. The van der Waals surface area contributed by atoms with Crippen molar-refractivity contribution < 1.29 is 5.11 Å². The molecule has 2 aliphatic rings. The van der Waals surface area contributed by atoms with E-state index >= 15 is 0 Å². The van der Waals surface area contributed by atoms with Crippen LogP contribution in [0.15, 0.2) is 4.47 Å². The van der Waals surface area contributed by atoms with Crippen molar-refractivity contribution in [3.63, 3.8) is 0 Å². The Balaban J connectivity index is 1.75. The van der Waals surface area contributed by atoms with Crippen LogP contribution in [0, 0.1) is 0 Å². The summed E-state index contributed by atoms with van der Waals surface area (Å²) >= 11 is 3.64. The highest BCUT2D eigenvalue weighted by molar-refractivity contribution is 9.10. The molecule has 0 radical (unpaired) electrons. The minimum atomic E-state index is -0.579. The highest BCUT2D eigenvalue weighted by atomic mass is 79.9. The fourth-order valence-corrected chi connectivity index (χ4v) is 3.86. The van der Waals surface area contributed by atoms with Crippen molar-refractivity contribution in [3.8, 4) is 0 Å². The molecule has 0 amide bonds. The van der Waals surface area contributed by atoms with Crippen LogP contribution in [0.1, 0.15) is 37.6 Å². The summed E-state index contributed by atoms with van der Waals surface area (Å²) < 4.78 is 3.00. The van der Waals surface area contributed by atoms with Crippen molar-refractivity contribution in [3.05, 3.63) is 15.9 Å². The van der Waals surface area contributed by atoms with Gasteiger partial charge in [-0.2, -0.15) is 5.10 Å². The topological polar surface area (TPSA) is 41.3 Å². The van der Waals surface area contributed by atoms with E-state index in [4.69, 9.17) is 0 Å². The molecule has 1 saturated heterocycles. The maximum atomic E-state index is 10.8. The number of aliphatic hydroxyl groups is 1. The molecular formula is C14H22BrN3O. The number of nitrogens with zero attached hydrogens (tertiary/aromatic N) is 3. The van der Waals surface area contributed by atoms with Gasteiger partial charge in [0.2, 0.25) is 0 Å². The standard InChI is InChI=1S/C14H22BrN3O/c1-3-11-13(15)12(17(2)16-11)8-14(19)6-7-18(9-14)10-4-5-10/h10,19H,3-9H2,1-2H3. The zero-order valence-electron chi connectivity index (χ0n) is 11.7. The number of hydrogen-bond donors (Lipinski definition) is 1. The molecule has 0 aromatic carbocycles. The summed E-state index contributed by atoms with van der Waals surface area (Å²) in [5, 5.41) is 15.3. The number of rotatable bonds is 4. The summed E-state index contributed by atoms with van der Waals surface area (Å²) in [6, 6.07) is 0.746. The van der Waals surface area contributed by atoms with E-state index in [2.05, 4.69) is 32.9 Å². The second-order valence-corrected chi connectivity index (χ2v) is 6.83. The number of aromatic nitrogens is 2. The molecule has 106 valence electrons. The molecule has 1 aromatic rings. The van der Waals surface area contributed by atoms with Crippen LogP contribution in [-0.2, 0) is 19.9 Å². The molecular weight excluding hydrogens is 306 g/mol. The fourth-order valence-electron chi connectivity index (χ4n) is 3.11. The van der Waals surface area contributed by atoms with Gasteiger partial charge in [-0.25, -0.2) is 0 Å². The maximum absolute atomic E-state index is 10.8. The number of halogens is 1. The molecule has 5 heteroatoms. The molecule has 1 saturated carbocycles. The Morgan fingerprint density at radius 3 is 2.79 bits per heavy atom. The van der Waals surface area contributed by atoms with Crippen molar-refractivity contribution in [1.82, 2.24) is 14.7 Å². The van der Waals surface area contributed by atoms with Gasteiger partial charge in [-0.3, -0.25) is 9.58 Å². The highest BCUT2D eigenvalue weighted by Crippen LogP contribution is 2.36. The van der Waals surface area contributed by atoms with E-state index in [1.54, 1.807) is 0 Å². The lowest BCUT2D eigenvalue weighted by atomic mass is 9.96. The first-order valence-electron chi connectivity index (χ1n) is 7.19. The SMILES string of the molecule is CCc1nn(C)c(CC2(O)CCN(C3CC3)C2)c1Br. The first-order chi connectivity index (χ1) is 9.02. The van der Waals surface area contributed by atoms with E-state index in [1.165, 1.54) is 12.8 Å². The van der Waals surface area contributed by atoms with Crippen molar-refractivity contribution in [2.45, 2.75) is 50.7 Å². The van der Waals surface area contributed by atoms with Gasteiger partial charge in [0, 0.05) is 32.6 Å². The molecule has 1 aromatic heterocycles. The Bertz CT molecular complexity index is 483. The molecule has 2 heterocycles. The summed E-state index contributed by atoms with van der Waals surface area (Å²) in [5.74, 6) is 0. The largest absolute Gasteiger partial charge is 0.388 e. The second kappa shape index (κ2) is 4.86. The Kier molecular flexibility index (Phi) is 3.48. The van der Waals surface area contributed by atoms with E-state index in [-0.39, 0.29) is 0 Å². The third-order valence-corrected chi connectivity index (χ3v) is 5.34. The highest BCUT2D eigenvalue weighted by Gasteiger charge is 2.42. The predicted octanol–water partition coefficient (Wildman–Crippen LogP) is 1.89. The Hall–Kier alpha value is -0.390. The molecule has 1 unspecified atom stereocenters. The summed E-state index contributed by atoms with van der Waals surface area (Å²) in [4.78, 5) is 2.45. The summed E-state index contributed by atoms with van der Waals surface area (Å²) in [7, 11) is 1.97. The van der Waals surface area contributed by atoms with Crippen LogP contribution >= 0.6 is 15.9 Å². The Morgan fingerprint density at radius 1 is 1.47 bits per heavy atom. The van der Waals surface area contributed by atoms with E-state index in [9.17, 15) is 5.11 Å². The van der Waals surface area contributed by atoms with E-state index < -0.39 is 5.60 Å². The lowest BCUT2D eigenvalue weighted by molar-refractivity contribution is 0.0467. The molecule has 0 spiro atoms. The fraction of sp³-hybridized carbons (Fsp3) is 0.786. The normalized spacial score (nSPS) is 28.2. The summed E-state index contributed by atoms with van der Waals surface area (Å²) in [5.41, 5.74) is 1.62. The van der Waals surface area contributed by atoms with E-state index in [0.29, 0.717) is 6.42 Å². The lowest BCUT2D eigenvalue weighted by Gasteiger charge is -2.23. The van der Waals surface area contributed by atoms with Crippen LogP contribution in [0.4, 0.5) is 0 Å². The molecule has 1 atom stereocenters. The van der Waals surface area contributed by atoms with Crippen molar-refractivity contribution >= 4 is 15.9 Å². The van der Waals surface area contributed by atoms with Gasteiger partial charge in [0.1, 0.15) is 0 Å². The van der Waals surface area contributed by atoms with Crippen LogP contribution in [0.2, 0.25) is 0 Å². The van der Waals surface area contributed by atoms with Gasteiger partial charge in [0.05, 0.1) is 21.5 Å². The lowest BCUT2D eigenvalue weighted by Crippen LogP contribution is -2.36. The quantitative estimate of drug-likeness (QED) is 0.918. The Morgan fingerprint density at radius 2 is 2.21 bits per heavy atom. The molecule has 4 nitrogen and oxygen atoms in total. The summed E-state index contributed by atoms with van der Waals surface area (Å²) in [6.07, 6.45) is 5.11. The smallest absolute Gasteiger partial charge is 0.0841 e. The molecule has 3 rings (SSSR count). The zero-order valence-corrected chi connectivity index (χ0v) is 13.3. The molecule has 1 aliphatic carbocycles. The summed E-state index contributed by atoms with van der Waals surface area (Å²) in [6.45, 7) is 3.96. The van der Waals surface area contributed by atoms with Crippen LogP contribution in [-0.4, -0.2) is 44.5 Å². The average Bonchev–Trinajstić information content (AvgIpc) is 3.11. The second-order valence-electron chi connectivity index (χ2n) is 6.04. The van der Waals surface area contributed by atoms with Gasteiger partial charge in [-0.1, -0.05) is 6.92 Å². The Labute approximate surface area is 122 Å². The van der Waals surface area contributed by atoms with E-state index in [0.717, 1.165) is 47.8 Å². The number of likely N-dealkylation sites (tertiary alicyclic amines) is 1. The molecule has 1 N–H and O–H groups in total. The maximum Gasteiger partial charge on any atom is 0.0841 e.